The van der Waals surface area contributed by atoms with Crippen molar-refractivity contribution < 1.29 is 22.7 Å². The summed E-state index contributed by atoms with van der Waals surface area (Å²) in [5.74, 6) is 0.621. The molecule has 2 amide bonds. The molecule has 1 atom stereocenters. The number of rotatable bonds is 14. The van der Waals surface area contributed by atoms with Crippen LogP contribution in [0.3, 0.4) is 0 Å². The van der Waals surface area contributed by atoms with Crippen molar-refractivity contribution in [2.75, 3.05) is 17.4 Å². The number of para-hydroxylation sites is 1. The van der Waals surface area contributed by atoms with Gasteiger partial charge in [0, 0.05) is 13.1 Å². The first kappa shape index (κ1) is 33.3. The zero-order valence-electron chi connectivity index (χ0n) is 26.2. The summed E-state index contributed by atoms with van der Waals surface area (Å²) in [6.45, 7) is 7.83. The summed E-state index contributed by atoms with van der Waals surface area (Å²) in [6, 6.07) is 30.9. The number of carbonyl (C=O) groups excluding carboxylic acids is 2. The number of nitrogens with zero attached hydrogens (tertiary/aromatic N) is 2. The molecule has 45 heavy (non-hydrogen) atoms. The van der Waals surface area contributed by atoms with E-state index in [9.17, 15) is 18.0 Å². The molecule has 4 rings (SSSR count). The van der Waals surface area contributed by atoms with E-state index in [0.29, 0.717) is 30.2 Å². The number of carbonyl (C=O) groups is 2. The van der Waals surface area contributed by atoms with Crippen molar-refractivity contribution in [2.45, 2.75) is 51.6 Å². The summed E-state index contributed by atoms with van der Waals surface area (Å²) in [4.78, 5) is 29.1. The van der Waals surface area contributed by atoms with Gasteiger partial charge in [-0.25, -0.2) is 8.42 Å². The standard InChI is InChI=1S/C36H41N3O5S/c1-5-34(36(41)37-24-27(2)3)38(25-29-12-8-6-9-13-29)35(40)26-39(45(42,43)33-22-16-28(4)17-23-33)30-18-20-32(21-19-30)44-31-14-10-7-11-15-31/h6-23,27,34H,5,24-26H2,1-4H3,(H,37,41)/t34-/m1/s1. The number of benzene rings is 4. The summed E-state index contributed by atoms with van der Waals surface area (Å²) in [5, 5.41) is 2.95. The predicted octanol–water partition coefficient (Wildman–Crippen LogP) is 6.56. The highest BCUT2D eigenvalue weighted by atomic mass is 32.2. The Hall–Kier alpha value is -4.63. The molecule has 4 aromatic rings. The Balaban J connectivity index is 1.71. The molecule has 0 aliphatic heterocycles. The summed E-state index contributed by atoms with van der Waals surface area (Å²) in [5.41, 5.74) is 2.03. The number of sulfonamides is 1. The Morgan fingerprint density at radius 3 is 1.96 bits per heavy atom. The highest BCUT2D eigenvalue weighted by Crippen LogP contribution is 2.29. The molecular weight excluding hydrogens is 586 g/mol. The lowest BCUT2D eigenvalue weighted by atomic mass is 10.1. The van der Waals surface area contributed by atoms with E-state index in [1.165, 1.54) is 17.0 Å². The van der Waals surface area contributed by atoms with Crippen molar-refractivity contribution in [3.63, 3.8) is 0 Å². The van der Waals surface area contributed by atoms with Crippen molar-refractivity contribution in [3.05, 3.63) is 120 Å². The molecule has 0 radical (unpaired) electrons. The van der Waals surface area contributed by atoms with Gasteiger partial charge < -0.3 is 15.0 Å². The predicted molar refractivity (Wildman–Crippen MR) is 178 cm³/mol. The van der Waals surface area contributed by atoms with Crippen LogP contribution in [0, 0.1) is 12.8 Å². The molecule has 1 N–H and O–H groups in total. The zero-order chi connectivity index (χ0) is 32.4. The van der Waals surface area contributed by atoms with E-state index in [0.717, 1.165) is 15.4 Å². The molecule has 0 heterocycles. The number of hydrogen-bond donors (Lipinski definition) is 1. The molecular formula is C36H41N3O5S. The van der Waals surface area contributed by atoms with Gasteiger partial charge in [0.05, 0.1) is 10.6 Å². The van der Waals surface area contributed by atoms with E-state index >= 15 is 0 Å². The number of nitrogens with one attached hydrogen (secondary N) is 1. The summed E-state index contributed by atoms with van der Waals surface area (Å²) < 4.78 is 35.3. The lowest BCUT2D eigenvalue weighted by Crippen LogP contribution is -2.52. The quantitative estimate of drug-likeness (QED) is 0.171. The number of hydrogen-bond acceptors (Lipinski definition) is 5. The first-order valence-electron chi connectivity index (χ1n) is 15.1. The van der Waals surface area contributed by atoms with Crippen LogP contribution >= 0.6 is 0 Å². The van der Waals surface area contributed by atoms with Gasteiger partial charge in [0.2, 0.25) is 11.8 Å². The number of ether oxygens (including phenoxy) is 1. The molecule has 0 unspecified atom stereocenters. The Morgan fingerprint density at radius 2 is 1.38 bits per heavy atom. The van der Waals surface area contributed by atoms with Crippen LogP contribution in [-0.2, 0) is 26.2 Å². The zero-order valence-corrected chi connectivity index (χ0v) is 27.0. The molecule has 236 valence electrons. The molecule has 0 bridgehead atoms. The molecule has 8 nitrogen and oxygen atoms in total. The lowest BCUT2D eigenvalue weighted by Gasteiger charge is -2.33. The van der Waals surface area contributed by atoms with Crippen molar-refractivity contribution in [1.82, 2.24) is 10.2 Å². The highest BCUT2D eigenvalue weighted by Gasteiger charge is 2.33. The fourth-order valence-corrected chi connectivity index (χ4v) is 6.21. The van der Waals surface area contributed by atoms with E-state index < -0.39 is 28.5 Å². The van der Waals surface area contributed by atoms with Gasteiger partial charge in [-0.05, 0) is 73.4 Å². The Bertz CT molecular complexity index is 1640. The van der Waals surface area contributed by atoms with Crippen LogP contribution in [0.25, 0.3) is 0 Å². The van der Waals surface area contributed by atoms with Crippen LogP contribution in [0.5, 0.6) is 11.5 Å². The second-order valence-electron chi connectivity index (χ2n) is 11.3. The largest absolute Gasteiger partial charge is 0.457 e. The van der Waals surface area contributed by atoms with Crippen molar-refractivity contribution in [3.8, 4) is 11.5 Å². The maximum absolute atomic E-state index is 14.2. The van der Waals surface area contributed by atoms with E-state index in [2.05, 4.69) is 5.32 Å². The van der Waals surface area contributed by atoms with Gasteiger partial charge in [0.15, 0.2) is 0 Å². The van der Waals surface area contributed by atoms with Crippen LogP contribution in [0.4, 0.5) is 5.69 Å². The minimum Gasteiger partial charge on any atom is -0.457 e. The van der Waals surface area contributed by atoms with E-state index in [-0.39, 0.29) is 23.3 Å². The molecule has 0 aliphatic carbocycles. The van der Waals surface area contributed by atoms with Gasteiger partial charge in [-0.1, -0.05) is 87.0 Å². The van der Waals surface area contributed by atoms with Crippen LogP contribution in [0.15, 0.2) is 114 Å². The van der Waals surface area contributed by atoms with Gasteiger partial charge in [-0.3, -0.25) is 13.9 Å². The van der Waals surface area contributed by atoms with Crippen LogP contribution in [0.2, 0.25) is 0 Å². The SMILES string of the molecule is CC[C@H](C(=O)NCC(C)C)N(Cc1ccccc1)C(=O)CN(c1ccc(Oc2ccccc2)cc1)S(=O)(=O)c1ccc(C)cc1. The molecule has 0 fully saturated rings. The Morgan fingerprint density at radius 1 is 0.800 bits per heavy atom. The topological polar surface area (TPSA) is 96.0 Å². The fourth-order valence-electron chi connectivity index (χ4n) is 4.79. The Kier molecular flexibility index (Phi) is 11.4. The highest BCUT2D eigenvalue weighted by molar-refractivity contribution is 7.92. The van der Waals surface area contributed by atoms with Crippen LogP contribution in [0.1, 0.15) is 38.3 Å². The number of aryl methyl sites for hydroxylation is 1. The monoisotopic (exact) mass is 627 g/mol. The van der Waals surface area contributed by atoms with Crippen molar-refractivity contribution in [2.24, 2.45) is 5.92 Å². The summed E-state index contributed by atoms with van der Waals surface area (Å²) >= 11 is 0. The summed E-state index contributed by atoms with van der Waals surface area (Å²) in [6.07, 6.45) is 0.360. The molecule has 0 saturated heterocycles. The first-order valence-corrected chi connectivity index (χ1v) is 16.6. The average molecular weight is 628 g/mol. The van der Waals surface area contributed by atoms with E-state index in [1.54, 1.807) is 36.4 Å². The van der Waals surface area contributed by atoms with Gasteiger partial charge in [-0.2, -0.15) is 0 Å². The van der Waals surface area contributed by atoms with Gasteiger partial charge in [-0.15, -0.1) is 0 Å². The van der Waals surface area contributed by atoms with Crippen LogP contribution in [-0.4, -0.2) is 44.3 Å². The van der Waals surface area contributed by atoms with Gasteiger partial charge in [0.25, 0.3) is 10.0 Å². The summed E-state index contributed by atoms with van der Waals surface area (Å²) in [7, 11) is -4.17. The fraction of sp³-hybridized carbons (Fsp3) is 0.278. The smallest absolute Gasteiger partial charge is 0.264 e. The third kappa shape index (κ3) is 8.95. The minimum atomic E-state index is -4.17. The molecule has 0 saturated carbocycles. The van der Waals surface area contributed by atoms with Crippen LogP contribution < -0.4 is 14.4 Å². The normalized spacial score (nSPS) is 11.9. The number of amides is 2. The maximum atomic E-state index is 14.2. The molecule has 0 aromatic heterocycles. The average Bonchev–Trinajstić information content (AvgIpc) is 3.04. The third-order valence-electron chi connectivity index (χ3n) is 7.26. The second kappa shape index (κ2) is 15.4. The molecule has 0 spiro atoms. The molecule has 0 aliphatic rings. The van der Waals surface area contributed by atoms with Gasteiger partial charge >= 0.3 is 0 Å². The molecule has 4 aromatic carbocycles. The number of anilines is 1. The molecule has 9 heteroatoms. The van der Waals surface area contributed by atoms with Crippen molar-refractivity contribution in [1.29, 1.82) is 0 Å². The van der Waals surface area contributed by atoms with Gasteiger partial charge in [0.1, 0.15) is 24.1 Å². The van der Waals surface area contributed by atoms with E-state index in [4.69, 9.17) is 4.74 Å². The Labute approximate surface area is 266 Å². The first-order chi connectivity index (χ1) is 21.6. The minimum absolute atomic E-state index is 0.0573. The van der Waals surface area contributed by atoms with Crippen molar-refractivity contribution >= 4 is 27.5 Å². The maximum Gasteiger partial charge on any atom is 0.264 e. The third-order valence-corrected chi connectivity index (χ3v) is 9.05. The van der Waals surface area contributed by atoms with E-state index in [1.807, 2.05) is 88.4 Å². The second-order valence-corrected chi connectivity index (χ2v) is 13.2. The lowest BCUT2D eigenvalue weighted by molar-refractivity contribution is -0.140.